The highest BCUT2D eigenvalue weighted by molar-refractivity contribution is 5.51. The Morgan fingerprint density at radius 2 is 1.55 bits per heavy atom. The van der Waals surface area contributed by atoms with Crippen molar-refractivity contribution in [2.75, 3.05) is 18.0 Å². The number of rotatable bonds is 3. The van der Waals surface area contributed by atoms with Crippen LogP contribution in [0.1, 0.15) is 24.8 Å². The lowest BCUT2D eigenvalue weighted by Crippen LogP contribution is -2.29. The minimum Gasteiger partial charge on any atom is -0.457 e. The Morgan fingerprint density at radius 1 is 0.850 bits per heavy atom. The summed E-state index contributed by atoms with van der Waals surface area (Å²) in [6, 6.07) is 16.6. The highest BCUT2D eigenvalue weighted by Crippen LogP contribution is 2.27. The van der Waals surface area contributed by atoms with Gasteiger partial charge in [0, 0.05) is 24.8 Å². The molecule has 0 saturated carbocycles. The van der Waals surface area contributed by atoms with Gasteiger partial charge in [0.15, 0.2) is 0 Å². The largest absolute Gasteiger partial charge is 0.457 e. The van der Waals surface area contributed by atoms with E-state index in [0.29, 0.717) is 0 Å². The number of aryl methyl sites for hydroxylation is 1. The van der Waals surface area contributed by atoms with Gasteiger partial charge in [-0.2, -0.15) is 0 Å². The first kappa shape index (κ1) is 13.0. The molecule has 0 radical (unpaired) electrons. The summed E-state index contributed by atoms with van der Waals surface area (Å²) in [5.41, 5.74) is 2.49. The Labute approximate surface area is 121 Å². The minimum atomic E-state index is 0.904. The van der Waals surface area contributed by atoms with Gasteiger partial charge in [0.25, 0.3) is 0 Å². The van der Waals surface area contributed by atoms with Gasteiger partial charge in [-0.15, -0.1) is 0 Å². The van der Waals surface area contributed by atoms with Gasteiger partial charge in [-0.05, 0) is 56.0 Å². The molecule has 1 aliphatic heterocycles. The van der Waals surface area contributed by atoms with Crippen LogP contribution in [-0.2, 0) is 0 Å². The Balaban J connectivity index is 1.77. The summed E-state index contributed by atoms with van der Waals surface area (Å²) in [6.45, 7) is 4.40. The molecule has 0 N–H and O–H groups in total. The number of hydrogen-bond donors (Lipinski definition) is 0. The molecule has 1 fully saturated rings. The third-order valence-corrected chi connectivity index (χ3v) is 3.76. The van der Waals surface area contributed by atoms with E-state index in [0.717, 1.165) is 24.6 Å². The molecule has 0 aromatic heterocycles. The predicted octanol–water partition coefficient (Wildman–Crippen LogP) is 4.78. The number of hydrogen-bond acceptors (Lipinski definition) is 2. The van der Waals surface area contributed by atoms with Crippen LogP contribution in [-0.4, -0.2) is 13.1 Å². The van der Waals surface area contributed by atoms with E-state index < -0.39 is 0 Å². The fourth-order valence-corrected chi connectivity index (χ4v) is 2.71. The maximum absolute atomic E-state index is 5.96. The molecule has 1 heterocycles. The van der Waals surface area contributed by atoms with Crippen LogP contribution < -0.4 is 9.64 Å². The molecule has 2 aromatic rings. The van der Waals surface area contributed by atoms with Crippen molar-refractivity contribution in [2.45, 2.75) is 26.2 Å². The summed E-state index contributed by atoms with van der Waals surface area (Å²) >= 11 is 0. The quantitative estimate of drug-likeness (QED) is 0.793. The van der Waals surface area contributed by atoms with E-state index in [4.69, 9.17) is 4.74 Å². The summed E-state index contributed by atoms with van der Waals surface area (Å²) in [7, 11) is 0. The maximum Gasteiger partial charge on any atom is 0.129 e. The average molecular weight is 267 g/mol. The summed E-state index contributed by atoms with van der Waals surface area (Å²) in [6.07, 6.45) is 3.95. The summed E-state index contributed by atoms with van der Waals surface area (Å²) in [4.78, 5) is 2.45. The molecule has 0 unspecified atom stereocenters. The average Bonchev–Trinajstić information content (AvgIpc) is 2.48. The third kappa shape index (κ3) is 3.13. The van der Waals surface area contributed by atoms with E-state index in [1.165, 1.54) is 30.5 Å². The van der Waals surface area contributed by atoms with E-state index >= 15 is 0 Å². The van der Waals surface area contributed by atoms with Gasteiger partial charge in [0.2, 0.25) is 0 Å². The van der Waals surface area contributed by atoms with Crippen LogP contribution in [0.2, 0.25) is 0 Å². The lowest BCUT2D eigenvalue weighted by molar-refractivity contribution is 0.481. The van der Waals surface area contributed by atoms with Crippen LogP contribution >= 0.6 is 0 Å². The Bertz CT molecular complexity index is 573. The van der Waals surface area contributed by atoms with Crippen LogP contribution in [0.3, 0.4) is 0 Å². The van der Waals surface area contributed by atoms with E-state index in [1.807, 2.05) is 18.2 Å². The second-order valence-electron chi connectivity index (χ2n) is 5.46. The molecule has 3 rings (SSSR count). The Hall–Kier alpha value is -1.96. The normalized spacial score (nSPS) is 15.2. The number of piperidine rings is 1. The van der Waals surface area contributed by atoms with E-state index in [1.54, 1.807) is 0 Å². The lowest BCUT2D eigenvalue weighted by Gasteiger charge is -2.29. The molecule has 2 aromatic carbocycles. The highest BCUT2D eigenvalue weighted by Gasteiger charge is 2.11. The van der Waals surface area contributed by atoms with Crippen LogP contribution in [0, 0.1) is 6.92 Å². The first-order chi connectivity index (χ1) is 9.81. The molecule has 0 spiro atoms. The Kier molecular flexibility index (Phi) is 3.91. The molecule has 2 nitrogen and oxygen atoms in total. The van der Waals surface area contributed by atoms with Crippen LogP contribution in [0.25, 0.3) is 0 Å². The van der Waals surface area contributed by atoms with Crippen molar-refractivity contribution in [2.24, 2.45) is 0 Å². The summed E-state index contributed by atoms with van der Waals surface area (Å²) < 4.78 is 5.96. The van der Waals surface area contributed by atoms with Crippen molar-refractivity contribution in [3.8, 4) is 11.5 Å². The van der Waals surface area contributed by atoms with Crippen LogP contribution in [0.5, 0.6) is 11.5 Å². The number of ether oxygens (including phenoxy) is 1. The second kappa shape index (κ2) is 6.00. The second-order valence-corrected chi connectivity index (χ2v) is 5.46. The monoisotopic (exact) mass is 267 g/mol. The van der Waals surface area contributed by atoms with Gasteiger partial charge in [-0.25, -0.2) is 0 Å². The zero-order valence-corrected chi connectivity index (χ0v) is 12.0. The van der Waals surface area contributed by atoms with E-state index in [-0.39, 0.29) is 0 Å². The van der Waals surface area contributed by atoms with Crippen LogP contribution in [0.4, 0.5) is 5.69 Å². The first-order valence-electron chi connectivity index (χ1n) is 7.41. The highest BCUT2D eigenvalue weighted by atomic mass is 16.5. The fourth-order valence-electron chi connectivity index (χ4n) is 2.71. The third-order valence-electron chi connectivity index (χ3n) is 3.76. The van der Waals surface area contributed by atoms with Gasteiger partial charge in [0.05, 0.1) is 0 Å². The van der Waals surface area contributed by atoms with Crippen molar-refractivity contribution in [1.29, 1.82) is 0 Å². The minimum absolute atomic E-state index is 0.904. The van der Waals surface area contributed by atoms with Gasteiger partial charge in [-0.3, -0.25) is 0 Å². The smallest absolute Gasteiger partial charge is 0.129 e. The summed E-state index contributed by atoms with van der Waals surface area (Å²) in [5, 5.41) is 0. The molecule has 1 aliphatic rings. The summed E-state index contributed by atoms with van der Waals surface area (Å²) in [5.74, 6) is 1.82. The van der Waals surface area contributed by atoms with Gasteiger partial charge in [0.1, 0.15) is 11.5 Å². The zero-order chi connectivity index (χ0) is 13.8. The predicted molar refractivity (Wildman–Crippen MR) is 83.8 cm³/mol. The van der Waals surface area contributed by atoms with Gasteiger partial charge >= 0.3 is 0 Å². The van der Waals surface area contributed by atoms with Crippen molar-refractivity contribution in [1.82, 2.24) is 0 Å². The number of nitrogens with zero attached hydrogens (tertiary/aromatic N) is 1. The number of benzene rings is 2. The topological polar surface area (TPSA) is 12.5 Å². The van der Waals surface area contributed by atoms with Crippen molar-refractivity contribution in [3.05, 3.63) is 54.1 Å². The lowest BCUT2D eigenvalue weighted by atomic mass is 10.1. The molecular formula is C18H21NO. The van der Waals surface area contributed by atoms with Crippen molar-refractivity contribution >= 4 is 5.69 Å². The molecule has 0 amide bonds. The number of anilines is 1. The van der Waals surface area contributed by atoms with E-state index in [9.17, 15) is 0 Å². The van der Waals surface area contributed by atoms with Crippen molar-refractivity contribution < 1.29 is 4.74 Å². The Morgan fingerprint density at radius 3 is 2.30 bits per heavy atom. The standard InChI is InChI=1S/C18H21NO/c1-15-7-5-9-17(13-15)20-18-10-6-8-16(14-18)19-11-3-2-4-12-19/h5-10,13-14H,2-4,11-12H2,1H3. The van der Waals surface area contributed by atoms with Gasteiger partial charge < -0.3 is 9.64 Å². The van der Waals surface area contributed by atoms with E-state index in [2.05, 4.69) is 42.2 Å². The van der Waals surface area contributed by atoms with Gasteiger partial charge in [-0.1, -0.05) is 18.2 Å². The molecule has 2 heteroatoms. The maximum atomic E-state index is 5.96. The molecular weight excluding hydrogens is 246 g/mol. The molecule has 0 aliphatic carbocycles. The van der Waals surface area contributed by atoms with Crippen LogP contribution in [0.15, 0.2) is 48.5 Å². The zero-order valence-electron chi connectivity index (χ0n) is 12.0. The SMILES string of the molecule is Cc1cccc(Oc2cccc(N3CCCCC3)c2)c1. The fraction of sp³-hybridized carbons (Fsp3) is 0.333. The molecule has 20 heavy (non-hydrogen) atoms. The molecule has 0 bridgehead atoms. The first-order valence-corrected chi connectivity index (χ1v) is 7.41. The van der Waals surface area contributed by atoms with Crippen molar-refractivity contribution in [3.63, 3.8) is 0 Å². The molecule has 104 valence electrons. The molecule has 0 atom stereocenters. The molecule has 1 saturated heterocycles.